The summed E-state index contributed by atoms with van der Waals surface area (Å²) < 4.78 is 118. The van der Waals surface area contributed by atoms with Crippen molar-refractivity contribution in [3.63, 3.8) is 0 Å². The largest absolute Gasteiger partial charge is 0.416 e. The maximum atomic E-state index is 13.4. The van der Waals surface area contributed by atoms with E-state index in [-0.39, 0.29) is 36.5 Å². The minimum absolute atomic E-state index is 0.0697. The predicted molar refractivity (Wildman–Crippen MR) is 123 cm³/mol. The van der Waals surface area contributed by atoms with Crippen LogP contribution >= 0.6 is 0 Å². The maximum Gasteiger partial charge on any atom is 0.416 e. The lowest BCUT2D eigenvalue weighted by molar-refractivity contribution is -0.209. The highest BCUT2D eigenvalue weighted by molar-refractivity contribution is 7.89. The first kappa shape index (κ1) is 27.9. The number of hydrogen-bond donors (Lipinski definition) is 0. The zero-order valence-corrected chi connectivity index (χ0v) is 20.7. The molecule has 0 amide bonds. The van der Waals surface area contributed by atoms with Crippen molar-refractivity contribution in [2.45, 2.75) is 50.4 Å². The van der Waals surface area contributed by atoms with Crippen LogP contribution in [0.5, 0.6) is 0 Å². The lowest BCUT2D eigenvalue weighted by Gasteiger charge is -2.40. The van der Waals surface area contributed by atoms with Crippen LogP contribution in [0.1, 0.15) is 54.0 Å². The number of nitrogens with zero attached hydrogens (tertiary/aromatic N) is 1. The Kier molecular flexibility index (Phi) is 7.95. The van der Waals surface area contributed by atoms with Gasteiger partial charge in [-0.15, -0.1) is 0 Å². The Morgan fingerprint density at radius 2 is 1.65 bits per heavy atom. The minimum Gasteiger partial charge on any atom is -0.352 e. The second kappa shape index (κ2) is 10.5. The van der Waals surface area contributed by atoms with E-state index in [0.29, 0.717) is 31.5 Å². The molecule has 204 valence electrons. The van der Waals surface area contributed by atoms with Crippen LogP contribution in [-0.4, -0.2) is 44.5 Å². The predicted octanol–water partition coefficient (Wildman–Crippen LogP) is 5.98. The summed E-state index contributed by atoms with van der Waals surface area (Å²) in [7, 11) is -3.37. The van der Waals surface area contributed by atoms with E-state index in [1.54, 1.807) is 18.2 Å². The van der Waals surface area contributed by atoms with E-state index < -0.39 is 51.8 Å². The summed E-state index contributed by atoms with van der Waals surface area (Å²) in [6, 6.07) is 10.4. The van der Waals surface area contributed by atoms with Crippen molar-refractivity contribution in [3.8, 4) is 0 Å². The molecule has 2 heterocycles. The topological polar surface area (TPSA) is 55.8 Å². The minimum atomic E-state index is -4.98. The van der Waals surface area contributed by atoms with Gasteiger partial charge in [0.05, 0.1) is 29.6 Å². The molecule has 2 fully saturated rings. The van der Waals surface area contributed by atoms with E-state index in [1.807, 2.05) is 12.1 Å². The van der Waals surface area contributed by atoms with E-state index >= 15 is 0 Å². The van der Waals surface area contributed by atoms with Crippen LogP contribution in [0.4, 0.5) is 26.3 Å². The molecule has 12 heteroatoms. The number of halogens is 6. The summed E-state index contributed by atoms with van der Waals surface area (Å²) in [5.74, 6) is -0.644. The third kappa shape index (κ3) is 6.47. The zero-order chi connectivity index (χ0) is 27.0. The van der Waals surface area contributed by atoms with Gasteiger partial charge in [0.15, 0.2) is 6.29 Å². The quantitative estimate of drug-likeness (QED) is 0.415. The Balaban J connectivity index is 1.64. The number of sulfonamides is 1. The average Bonchev–Trinajstić information content (AvgIpc) is 3.16. The smallest absolute Gasteiger partial charge is 0.352 e. The van der Waals surface area contributed by atoms with E-state index in [9.17, 15) is 34.8 Å². The van der Waals surface area contributed by atoms with Crippen LogP contribution in [0.15, 0.2) is 48.5 Å². The summed E-state index contributed by atoms with van der Waals surface area (Å²) >= 11 is 0. The van der Waals surface area contributed by atoms with Crippen LogP contribution in [0, 0.1) is 5.92 Å². The van der Waals surface area contributed by atoms with Gasteiger partial charge >= 0.3 is 12.4 Å². The standard InChI is InChI=1S/C25H27F6NO4S/c1-16(19-12-20(24(26,27)28)14-21(13-19)25(29,30)31)36-23-22(17-6-3-2-4-7-17)18(8-10-35-23)15-32-9-5-11-37(32,33)34/h2-4,6-7,12-14,16,18,22-23H,5,8-11,15H2,1H3/t16-,18+,22+,23-/m1/s1. The Bertz CT molecular complexity index is 1150. The van der Waals surface area contributed by atoms with Crippen LogP contribution in [0.2, 0.25) is 0 Å². The second-order valence-corrected chi connectivity index (χ2v) is 11.5. The Morgan fingerprint density at radius 1 is 1.03 bits per heavy atom. The molecule has 2 aromatic carbocycles. The molecule has 0 aliphatic carbocycles. The van der Waals surface area contributed by atoms with Gasteiger partial charge in [-0.1, -0.05) is 30.3 Å². The van der Waals surface area contributed by atoms with Gasteiger partial charge < -0.3 is 9.47 Å². The van der Waals surface area contributed by atoms with Gasteiger partial charge in [0.1, 0.15) is 0 Å². The fourth-order valence-electron chi connectivity index (χ4n) is 4.93. The third-order valence-corrected chi connectivity index (χ3v) is 8.74. The van der Waals surface area contributed by atoms with Crippen molar-refractivity contribution in [1.82, 2.24) is 4.31 Å². The summed E-state index contributed by atoms with van der Waals surface area (Å²) in [5, 5.41) is 0. The van der Waals surface area contributed by atoms with Crippen molar-refractivity contribution in [1.29, 1.82) is 0 Å². The normalized spacial score (nSPS) is 25.8. The molecule has 2 aliphatic heterocycles. The number of hydrogen-bond acceptors (Lipinski definition) is 4. The molecule has 37 heavy (non-hydrogen) atoms. The molecule has 0 spiro atoms. The van der Waals surface area contributed by atoms with Gasteiger partial charge in [-0.2, -0.15) is 26.3 Å². The molecule has 0 saturated carbocycles. The van der Waals surface area contributed by atoms with E-state index in [0.717, 1.165) is 5.56 Å². The molecule has 2 saturated heterocycles. The van der Waals surface area contributed by atoms with Gasteiger partial charge in [-0.25, -0.2) is 12.7 Å². The molecule has 4 atom stereocenters. The first-order chi connectivity index (χ1) is 17.3. The number of benzene rings is 2. The molecular weight excluding hydrogens is 524 g/mol. The number of rotatable bonds is 6. The van der Waals surface area contributed by atoms with Crippen molar-refractivity contribution in [3.05, 3.63) is 70.8 Å². The SMILES string of the molecule is C[C@@H](O[C@H]1OCC[C@@H](CN2CCCS2(=O)=O)[C@@H]1c1ccccc1)c1cc(C(F)(F)F)cc(C(F)(F)F)c1. The fourth-order valence-corrected chi connectivity index (χ4v) is 6.50. The van der Waals surface area contributed by atoms with Gasteiger partial charge in [0.2, 0.25) is 10.0 Å². The number of alkyl halides is 6. The van der Waals surface area contributed by atoms with Gasteiger partial charge in [0.25, 0.3) is 0 Å². The van der Waals surface area contributed by atoms with Gasteiger partial charge in [0, 0.05) is 19.0 Å². The second-order valence-electron chi connectivity index (χ2n) is 9.37. The third-order valence-electron chi connectivity index (χ3n) is 6.82. The van der Waals surface area contributed by atoms with Crippen molar-refractivity contribution >= 4 is 10.0 Å². The molecule has 0 bridgehead atoms. The molecule has 2 aromatic rings. The van der Waals surface area contributed by atoms with Crippen LogP contribution in [0.25, 0.3) is 0 Å². The summed E-state index contributed by atoms with van der Waals surface area (Å²) in [4.78, 5) is 0. The molecule has 5 nitrogen and oxygen atoms in total. The molecule has 0 aromatic heterocycles. The Labute approximate surface area is 211 Å². The summed E-state index contributed by atoms with van der Waals surface area (Å²) in [6.07, 6.45) is -11.1. The molecular formula is C25H27F6NO4S. The molecule has 0 N–H and O–H groups in total. The molecule has 0 unspecified atom stereocenters. The maximum absolute atomic E-state index is 13.4. The number of ether oxygens (including phenoxy) is 2. The highest BCUT2D eigenvalue weighted by Gasteiger charge is 2.42. The van der Waals surface area contributed by atoms with Crippen molar-refractivity contribution in [2.24, 2.45) is 5.92 Å². The molecule has 4 rings (SSSR count). The highest BCUT2D eigenvalue weighted by atomic mass is 32.2. The van der Waals surface area contributed by atoms with Crippen LogP contribution in [-0.2, 0) is 31.8 Å². The fraction of sp³-hybridized carbons (Fsp3) is 0.520. The van der Waals surface area contributed by atoms with E-state index in [4.69, 9.17) is 9.47 Å². The first-order valence-electron chi connectivity index (χ1n) is 11.8. The first-order valence-corrected chi connectivity index (χ1v) is 13.5. The highest BCUT2D eigenvalue weighted by Crippen LogP contribution is 2.42. The van der Waals surface area contributed by atoms with Crippen LogP contribution < -0.4 is 0 Å². The van der Waals surface area contributed by atoms with E-state index in [2.05, 4.69) is 0 Å². The van der Waals surface area contributed by atoms with Gasteiger partial charge in [-0.05, 0) is 55.0 Å². The van der Waals surface area contributed by atoms with Crippen molar-refractivity contribution < 1.29 is 44.2 Å². The van der Waals surface area contributed by atoms with E-state index in [1.165, 1.54) is 11.2 Å². The Hall–Kier alpha value is -2.15. The summed E-state index contributed by atoms with van der Waals surface area (Å²) in [6.45, 7) is 2.19. The summed E-state index contributed by atoms with van der Waals surface area (Å²) in [5.41, 5.74) is -2.36. The van der Waals surface area contributed by atoms with Crippen LogP contribution in [0.3, 0.4) is 0 Å². The molecule has 2 aliphatic rings. The van der Waals surface area contributed by atoms with Crippen molar-refractivity contribution in [2.75, 3.05) is 25.4 Å². The monoisotopic (exact) mass is 551 g/mol. The molecule has 0 radical (unpaired) electrons. The lowest BCUT2D eigenvalue weighted by atomic mass is 9.81. The van der Waals surface area contributed by atoms with Gasteiger partial charge in [-0.3, -0.25) is 0 Å². The Morgan fingerprint density at radius 3 is 2.19 bits per heavy atom. The zero-order valence-electron chi connectivity index (χ0n) is 19.9. The lowest BCUT2D eigenvalue weighted by Crippen LogP contribution is -2.43. The average molecular weight is 552 g/mol.